The zero-order chi connectivity index (χ0) is 28.8. The van der Waals surface area contributed by atoms with Crippen molar-refractivity contribution in [2.45, 2.75) is 109 Å². The van der Waals surface area contributed by atoms with Crippen molar-refractivity contribution in [1.29, 1.82) is 0 Å². The number of aliphatic hydroxyl groups excluding tert-OH is 1. The van der Waals surface area contributed by atoms with E-state index in [1.807, 2.05) is 27.7 Å². The number of rotatable bonds is 11. The Hall–Kier alpha value is -1.45. The van der Waals surface area contributed by atoms with Gasteiger partial charge in [0, 0.05) is 16.9 Å². The largest absolute Gasteiger partial charge is 0.466 e. The lowest BCUT2D eigenvalue weighted by atomic mass is 9.70. The maximum Gasteiger partial charge on any atom is 0.312 e. The van der Waals surface area contributed by atoms with Crippen LogP contribution in [0.5, 0.6) is 0 Å². The number of amides is 2. The molecule has 3 fully saturated rings. The van der Waals surface area contributed by atoms with Gasteiger partial charge in [-0.25, -0.2) is 0 Å². The van der Waals surface area contributed by atoms with Gasteiger partial charge in [-0.3, -0.25) is 14.4 Å². The van der Waals surface area contributed by atoms with E-state index >= 15 is 0 Å². The SMILES string of the molecule is C=CCN(C(=O)C1N([C@@H](CO)[C@@H](C)CC)C(=O)[C@@H]2[C@@H](C(=O)OCC)[C@@H]3OC12CC3Br)C(C)(C)CC(C)(C)C. The van der Waals surface area contributed by atoms with E-state index in [9.17, 15) is 19.5 Å². The maximum absolute atomic E-state index is 14.8. The van der Waals surface area contributed by atoms with Crippen LogP contribution in [0.15, 0.2) is 12.7 Å². The van der Waals surface area contributed by atoms with Gasteiger partial charge < -0.3 is 24.4 Å². The van der Waals surface area contributed by atoms with Crippen molar-refractivity contribution < 1.29 is 29.0 Å². The molecule has 0 aromatic rings. The average Bonchev–Trinajstić information content (AvgIpc) is 3.39. The summed E-state index contributed by atoms with van der Waals surface area (Å²) in [6, 6.07) is -1.56. The van der Waals surface area contributed by atoms with Gasteiger partial charge in [0.1, 0.15) is 11.6 Å². The molecule has 1 N–H and O–H groups in total. The quantitative estimate of drug-likeness (QED) is 0.220. The topological polar surface area (TPSA) is 96.4 Å². The number of alkyl halides is 1. The van der Waals surface area contributed by atoms with E-state index in [1.165, 1.54) is 0 Å². The monoisotopic (exact) mass is 598 g/mol. The Morgan fingerprint density at radius 3 is 2.45 bits per heavy atom. The zero-order valence-electron chi connectivity index (χ0n) is 24.3. The second-order valence-corrected chi connectivity index (χ2v) is 14.3. The molecule has 9 heteroatoms. The highest BCUT2D eigenvalue weighted by atomic mass is 79.9. The van der Waals surface area contributed by atoms with Crippen LogP contribution in [0.25, 0.3) is 0 Å². The number of hydrogen-bond donors (Lipinski definition) is 1. The fourth-order valence-electron chi connectivity index (χ4n) is 7.33. The van der Waals surface area contributed by atoms with Gasteiger partial charge in [-0.05, 0) is 44.9 Å². The highest BCUT2D eigenvalue weighted by Gasteiger charge is 2.78. The maximum atomic E-state index is 14.8. The molecule has 0 saturated carbocycles. The summed E-state index contributed by atoms with van der Waals surface area (Å²) in [5, 5.41) is 10.5. The lowest BCUT2D eigenvalue weighted by Crippen LogP contribution is -2.63. The van der Waals surface area contributed by atoms with Crippen molar-refractivity contribution >= 4 is 33.7 Å². The van der Waals surface area contributed by atoms with Crippen LogP contribution in [0.1, 0.15) is 74.7 Å². The summed E-state index contributed by atoms with van der Waals surface area (Å²) in [5.74, 6) is -2.74. The van der Waals surface area contributed by atoms with Crippen molar-refractivity contribution in [3.05, 3.63) is 12.7 Å². The zero-order valence-corrected chi connectivity index (χ0v) is 25.9. The van der Waals surface area contributed by atoms with Gasteiger partial charge >= 0.3 is 5.97 Å². The molecule has 2 bridgehead atoms. The van der Waals surface area contributed by atoms with E-state index in [4.69, 9.17) is 9.47 Å². The molecule has 1 spiro atoms. The third-order valence-electron chi connectivity index (χ3n) is 8.64. The van der Waals surface area contributed by atoms with Crippen molar-refractivity contribution in [2.75, 3.05) is 19.8 Å². The summed E-state index contributed by atoms with van der Waals surface area (Å²) in [7, 11) is 0. The number of carbonyl (C=O) groups is 3. The van der Waals surface area contributed by atoms with Crippen LogP contribution in [0, 0.1) is 23.2 Å². The van der Waals surface area contributed by atoms with Gasteiger partial charge in [0.2, 0.25) is 11.8 Å². The third-order valence-corrected chi connectivity index (χ3v) is 9.48. The summed E-state index contributed by atoms with van der Waals surface area (Å²) in [4.78, 5) is 45.4. The molecular weight excluding hydrogens is 552 g/mol. The number of aliphatic hydroxyl groups is 1. The standard InChI is InChI=1S/C29H47BrN2O6/c1-10-13-31(28(8,9)16-27(5,6)7)25(35)23-29-14-18(30)22(38-29)20(26(36)37-12-3)21(29)24(34)32(23)19(15-33)17(4)11-2/h10,17-23,33H,1,11-16H2,2-9H3/t17-,18?,19-,20+,21-,22+,23?,29?/m0/s1. The average molecular weight is 600 g/mol. The van der Waals surface area contributed by atoms with E-state index in [0.29, 0.717) is 19.4 Å². The van der Waals surface area contributed by atoms with Crippen LogP contribution in [-0.2, 0) is 23.9 Å². The van der Waals surface area contributed by atoms with E-state index < -0.39 is 47.1 Å². The Morgan fingerprint density at radius 1 is 1.32 bits per heavy atom. The number of fused-ring (bicyclic) bond motifs is 1. The molecule has 3 aliphatic rings. The fourth-order valence-corrected chi connectivity index (χ4v) is 8.27. The summed E-state index contributed by atoms with van der Waals surface area (Å²) in [6.07, 6.45) is 3.00. The Bertz CT molecular complexity index is 933. The van der Waals surface area contributed by atoms with E-state index in [1.54, 1.807) is 22.8 Å². The Balaban J connectivity index is 2.19. The van der Waals surface area contributed by atoms with E-state index in [2.05, 4.69) is 43.3 Å². The number of hydrogen-bond acceptors (Lipinski definition) is 6. The van der Waals surface area contributed by atoms with Crippen molar-refractivity contribution in [3.63, 3.8) is 0 Å². The van der Waals surface area contributed by atoms with Crippen molar-refractivity contribution in [2.24, 2.45) is 23.2 Å². The lowest BCUT2D eigenvalue weighted by Gasteiger charge is -2.47. The molecule has 3 unspecified atom stereocenters. The minimum atomic E-state index is -1.19. The predicted octanol–water partition coefficient (Wildman–Crippen LogP) is 3.93. The molecule has 0 aromatic heterocycles. The van der Waals surface area contributed by atoms with Crippen LogP contribution in [0.2, 0.25) is 0 Å². The van der Waals surface area contributed by atoms with Crippen LogP contribution >= 0.6 is 15.9 Å². The number of ether oxygens (including phenoxy) is 2. The Labute approximate surface area is 236 Å². The molecule has 0 aromatic carbocycles. The first-order valence-electron chi connectivity index (χ1n) is 14.0. The number of likely N-dealkylation sites (tertiary alicyclic amines) is 1. The minimum absolute atomic E-state index is 0.0577. The first-order chi connectivity index (χ1) is 17.6. The number of halogens is 1. The Morgan fingerprint density at radius 2 is 1.95 bits per heavy atom. The summed E-state index contributed by atoms with van der Waals surface area (Å²) < 4.78 is 12.0. The van der Waals surface area contributed by atoms with Gasteiger partial charge in [0.05, 0.1) is 37.2 Å². The van der Waals surface area contributed by atoms with Crippen molar-refractivity contribution in [3.8, 4) is 0 Å². The van der Waals surface area contributed by atoms with Crippen molar-refractivity contribution in [1.82, 2.24) is 9.80 Å². The first kappa shape index (κ1) is 31.1. The van der Waals surface area contributed by atoms with Crippen LogP contribution in [-0.4, -0.2) is 86.6 Å². The number of esters is 1. The van der Waals surface area contributed by atoms with Gasteiger partial charge in [-0.15, -0.1) is 6.58 Å². The molecular formula is C29H47BrN2O6. The smallest absolute Gasteiger partial charge is 0.312 e. The second kappa shape index (κ2) is 11.2. The van der Waals surface area contributed by atoms with Crippen LogP contribution < -0.4 is 0 Å². The predicted molar refractivity (Wildman–Crippen MR) is 150 cm³/mol. The first-order valence-corrected chi connectivity index (χ1v) is 14.9. The molecule has 2 amide bonds. The lowest BCUT2D eigenvalue weighted by molar-refractivity contribution is -0.158. The molecule has 216 valence electrons. The van der Waals surface area contributed by atoms with Crippen LogP contribution in [0.4, 0.5) is 0 Å². The molecule has 8 atom stereocenters. The molecule has 0 aliphatic carbocycles. The third kappa shape index (κ3) is 5.19. The van der Waals surface area contributed by atoms with Gasteiger partial charge in [0.25, 0.3) is 0 Å². The molecule has 38 heavy (non-hydrogen) atoms. The second-order valence-electron chi connectivity index (χ2n) is 13.1. The summed E-state index contributed by atoms with van der Waals surface area (Å²) in [5.41, 5.74) is -1.80. The van der Waals surface area contributed by atoms with E-state index in [0.717, 1.165) is 6.42 Å². The molecule has 8 nitrogen and oxygen atoms in total. The summed E-state index contributed by atoms with van der Waals surface area (Å²) >= 11 is 3.69. The molecule has 3 saturated heterocycles. The van der Waals surface area contributed by atoms with Gasteiger partial charge in [-0.1, -0.05) is 63.0 Å². The van der Waals surface area contributed by atoms with Crippen LogP contribution in [0.3, 0.4) is 0 Å². The molecule has 3 aliphatic heterocycles. The Kier molecular flexibility index (Phi) is 9.16. The number of nitrogens with zero attached hydrogens (tertiary/aromatic N) is 2. The van der Waals surface area contributed by atoms with E-state index in [-0.39, 0.29) is 41.2 Å². The fraction of sp³-hybridized carbons (Fsp3) is 0.828. The van der Waals surface area contributed by atoms with Gasteiger partial charge in [-0.2, -0.15) is 0 Å². The summed E-state index contributed by atoms with van der Waals surface area (Å²) in [6.45, 7) is 20.3. The van der Waals surface area contributed by atoms with Gasteiger partial charge in [0.15, 0.2) is 0 Å². The minimum Gasteiger partial charge on any atom is -0.466 e. The number of carbonyl (C=O) groups excluding carboxylic acids is 3. The molecule has 0 radical (unpaired) electrons. The molecule has 3 heterocycles. The normalized spacial score (nSPS) is 32.2. The highest BCUT2D eigenvalue weighted by molar-refractivity contribution is 9.09. The highest BCUT2D eigenvalue weighted by Crippen LogP contribution is 2.61. The molecule has 3 rings (SSSR count).